The highest BCUT2D eigenvalue weighted by molar-refractivity contribution is 6.13. The normalized spacial score (nSPS) is 13.6. The maximum Gasteiger partial charge on any atom is 0.0725 e. The molecule has 2 aliphatic rings. The summed E-state index contributed by atoms with van der Waals surface area (Å²) >= 11 is 0. The third-order valence-corrected chi connectivity index (χ3v) is 13.3. The number of benzene rings is 9. The van der Waals surface area contributed by atoms with Crippen LogP contribution < -0.4 is 0 Å². The molecule has 12 rings (SSSR count). The van der Waals surface area contributed by atoms with Gasteiger partial charge in [0.05, 0.1) is 16.4 Å². The second-order valence-electron chi connectivity index (χ2n) is 16.3. The Kier molecular flexibility index (Phi) is 7.71. The highest BCUT2D eigenvalue weighted by atomic mass is 15.0. The van der Waals surface area contributed by atoms with Crippen molar-refractivity contribution in [2.75, 3.05) is 0 Å². The third kappa shape index (κ3) is 5.04. The molecule has 0 amide bonds. The SMILES string of the molecule is c1ccc(CC[C@@H](c2ccc(-c3cccc4c5ccccc5n(-c5ccccc5)c34)cc2)c2ccc3c(c2)C2(c4ccccc4-c4ccccc42)c2ccccc2-3)cc1. The van der Waals surface area contributed by atoms with Gasteiger partial charge < -0.3 is 4.57 Å². The third-order valence-electron chi connectivity index (χ3n) is 13.3. The molecule has 10 aromatic rings. The Morgan fingerprint density at radius 2 is 0.915 bits per heavy atom. The highest BCUT2D eigenvalue weighted by Gasteiger charge is 2.51. The van der Waals surface area contributed by atoms with Crippen LogP contribution in [0.4, 0.5) is 0 Å². The van der Waals surface area contributed by atoms with Gasteiger partial charge in [-0.05, 0) is 97.8 Å². The Hall–Kier alpha value is -7.22. The van der Waals surface area contributed by atoms with Gasteiger partial charge in [-0.3, -0.25) is 0 Å². The number of aromatic nitrogens is 1. The van der Waals surface area contributed by atoms with E-state index in [1.54, 1.807) is 0 Å². The van der Waals surface area contributed by atoms with Crippen molar-refractivity contribution >= 4 is 21.8 Å². The van der Waals surface area contributed by atoms with E-state index in [-0.39, 0.29) is 11.3 Å². The Labute approximate surface area is 345 Å². The first-order chi connectivity index (χ1) is 29.3. The van der Waals surface area contributed by atoms with Gasteiger partial charge in [0, 0.05) is 27.9 Å². The van der Waals surface area contributed by atoms with Gasteiger partial charge in [-0.2, -0.15) is 0 Å². The molecule has 0 fully saturated rings. The van der Waals surface area contributed by atoms with Crippen molar-refractivity contribution in [2.24, 2.45) is 0 Å². The van der Waals surface area contributed by atoms with Crippen molar-refractivity contribution in [1.29, 1.82) is 0 Å². The molecule has 1 heteroatoms. The minimum Gasteiger partial charge on any atom is -0.309 e. The molecule has 1 heterocycles. The van der Waals surface area contributed by atoms with Crippen LogP contribution in [0.1, 0.15) is 51.3 Å². The summed E-state index contributed by atoms with van der Waals surface area (Å²) in [7, 11) is 0. The van der Waals surface area contributed by atoms with Gasteiger partial charge in [0.2, 0.25) is 0 Å². The number of hydrogen-bond acceptors (Lipinski definition) is 0. The molecule has 0 N–H and O–H groups in total. The Morgan fingerprint density at radius 1 is 0.390 bits per heavy atom. The summed E-state index contributed by atoms with van der Waals surface area (Å²) in [4.78, 5) is 0. The monoisotopic (exact) mass is 751 g/mol. The van der Waals surface area contributed by atoms with E-state index < -0.39 is 0 Å². The zero-order valence-corrected chi connectivity index (χ0v) is 32.7. The Morgan fingerprint density at radius 3 is 1.59 bits per heavy atom. The number of para-hydroxylation sites is 3. The molecular formula is C58H41N. The summed E-state index contributed by atoms with van der Waals surface area (Å²) in [6.07, 6.45) is 2.00. The van der Waals surface area contributed by atoms with Gasteiger partial charge in [0.1, 0.15) is 0 Å². The van der Waals surface area contributed by atoms with Crippen molar-refractivity contribution in [2.45, 2.75) is 24.2 Å². The maximum atomic E-state index is 2.58. The fourth-order valence-corrected chi connectivity index (χ4v) is 10.8. The lowest BCUT2D eigenvalue weighted by Gasteiger charge is -2.31. The molecule has 0 aliphatic heterocycles. The summed E-state index contributed by atoms with van der Waals surface area (Å²) in [6, 6.07) is 81.6. The second-order valence-corrected chi connectivity index (χ2v) is 16.3. The molecular weight excluding hydrogens is 711 g/mol. The van der Waals surface area contributed by atoms with Crippen LogP contribution >= 0.6 is 0 Å². The minimum atomic E-state index is -0.362. The molecule has 0 radical (unpaired) electrons. The quantitative estimate of drug-likeness (QED) is 0.153. The average molecular weight is 752 g/mol. The zero-order valence-electron chi connectivity index (χ0n) is 32.7. The first-order valence-corrected chi connectivity index (χ1v) is 20.9. The van der Waals surface area contributed by atoms with Crippen molar-refractivity contribution < 1.29 is 0 Å². The van der Waals surface area contributed by atoms with E-state index in [0.29, 0.717) is 0 Å². The van der Waals surface area contributed by atoms with Gasteiger partial charge in [-0.15, -0.1) is 0 Å². The van der Waals surface area contributed by atoms with E-state index >= 15 is 0 Å². The highest BCUT2D eigenvalue weighted by Crippen LogP contribution is 2.63. The van der Waals surface area contributed by atoms with Crippen LogP contribution in [0.15, 0.2) is 218 Å². The first kappa shape index (κ1) is 33.9. The van der Waals surface area contributed by atoms with E-state index in [4.69, 9.17) is 0 Å². The van der Waals surface area contributed by atoms with E-state index in [0.717, 1.165) is 12.8 Å². The molecule has 0 bridgehead atoms. The largest absolute Gasteiger partial charge is 0.309 e. The Bertz CT molecular complexity index is 3140. The van der Waals surface area contributed by atoms with Gasteiger partial charge in [-0.25, -0.2) is 0 Å². The number of nitrogens with zero attached hydrogens (tertiary/aromatic N) is 1. The van der Waals surface area contributed by atoms with Crippen molar-refractivity contribution in [3.8, 4) is 39.1 Å². The number of aryl methyl sites for hydroxylation is 1. The topological polar surface area (TPSA) is 4.93 Å². The predicted octanol–water partition coefficient (Wildman–Crippen LogP) is 14.6. The molecule has 1 nitrogen and oxygen atoms in total. The fourth-order valence-electron chi connectivity index (χ4n) is 10.8. The summed E-state index contributed by atoms with van der Waals surface area (Å²) < 4.78 is 2.44. The minimum absolute atomic E-state index is 0.203. The van der Waals surface area contributed by atoms with Gasteiger partial charge >= 0.3 is 0 Å². The average Bonchev–Trinajstić information content (AvgIpc) is 3.92. The van der Waals surface area contributed by atoms with E-state index in [2.05, 4.69) is 223 Å². The van der Waals surface area contributed by atoms with Crippen LogP contribution in [0.5, 0.6) is 0 Å². The number of hydrogen-bond donors (Lipinski definition) is 0. The van der Waals surface area contributed by atoms with Crippen LogP contribution in [0.3, 0.4) is 0 Å². The summed E-state index contributed by atoms with van der Waals surface area (Å²) in [5.41, 5.74) is 20.8. The van der Waals surface area contributed by atoms with Crippen molar-refractivity contribution in [3.63, 3.8) is 0 Å². The van der Waals surface area contributed by atoms with Crippen LogP contribution in [-0.4, -0.2) is 4.57 Å². The molecule has 0 unspecified atom stereocenters. The molecule has 0 saturated heterocycles. The number of fused-ring (bicyclic) bond motifs is 13. The molecule has 2 aliphatic carbocycles. The Balaban J connectivity index is 1.02. The van der Waals surface area contributed by atoms with Crippen LogP contribution in [-0.2, 0) is 11.8 Å². The molecule has 0 saturated carbocycles. The molecule has 1 aromatic heterocycles. The fraction of sp³-hybridized carbons (Fsp3) is 0.0690. The van der Waals surface area contributed by atoms with Gasteiger partial charge in [0.15, 0.2) is 0 Å². The van der Waals surface area contributed by atoms with Gasteiger partial charge in [-0.1, -0.05) is 200 Å². The number of rotatable bonds is 7. The zero-order chi connectivity index (χ0) is 38.9. The van der Waals surface area contributed by atoms with Crippen LogP contribution in [0.25, 0.3) is 60.9 Å². The molecule has 59 heavy (non-hydrogen) atoms. The molecule has 1 atom stereocenters. The van der Waals surface area contributed by atoms with E-state index in [1.807, 2.05) is 0 Å². The van der Waals surface area contributed by atoms with E-state index in [1.165, 1.54) is 99.8 Å². The van der Waals surface area contributed by atoms with Gasteiger partial charge in [0.25, 0.3) is 0 Å². The summed E-state index contributed by atoms with van der Waals surface area (Å²) in [6.45, 7) is 0. The maximum absolute atomic E-state index is 2.58. The molecule has 1 spiro atoms. The second kappa shape index (κ2) is 13.4. The van der Waals surface area contributed by atoms with E-state index in [9.17, 15) is 0 Å². The van der Waals surface area contributed by atoms with Crippen LogP contribution in [0, 0.1) is 0 Å². The molecule has 278 valence electrons. The lowest BCUT2D eigenvalue weighted by Crippen LogP contribution is -2.26. The van der Waals surface area contributed by atoms with Crippen molar-refractivity contribution in [3.05, 3.63) is 257 Å². The van der Waals surface area contributed by atoms with Crippen molar-refractivity contribution in [1.82, 2.24) is 4.57 Å². The lowest BCUT2D eigenvalue weighted by molar-refractivity contribution is 0.710. The smallest absolute Gasteiger partial charge is 0.0725 e. The van der Waals surface area contributed by atoms with Crippen LogP contribution in [0.2, 0.25) is 0 Å². The standard InChI is InChI=1S/C58H41N/c1-3-16-39(17-4-1)30-36-44(40-31-33-41(34-32-40)45-24-15-25-51-50-23-10-14-29-56(50)59(57(45)51)43-18-5-2-6-19-43)42-35-37-49-48-22-9-13-28-54(48)58(55(49)38-42)52-26-11-7-20-46(52)47-21-8-12-27-53(47)58/h1-29,31-35,37-38,44H,30,36H2/t44-/m0/s1. The predicted molar refractivity (Wildman–Crippen MR) is 246 cm³/mol. The summed E-state index contributed by atoms with van der Waals surface area (Å²) in [5, 5.41) is 2.55. The molecule has 9 aromatic carbocycles. The summed E-state index contributed by atoms with van der Waals surface area (Å²) in [5.74, 6) is 0.203. The first-order valence-electron chi connectivity index (χ1n) is 20.9. The lowest BCUT2D eigenvalue weighted by atomic mass is 9.70.